The van der Waals surface area contributed by atoms with Gasteiger partial charge in [0.25, 0.3) is 0 Å². The Morgan fingerprint density at radius 3 is 2.64 bits per heavy atom. The van der Waals surface area contributed by atoms with Crippen LogP contribution in [0.3, 0.4) is 0 Å². The van der Waals surface area contributed by atoms with E-state index in [2.05, 4.69) is 40.8 Å². The van der Waals surface area contributed by atoms with Crippen LogP contribution in [0, 0.1) is 6.92 Å². The number of carbonyl (C=O) groups excluding carboxylic acids is 1. The zero-order valence-electron chi connectivity index (χ0n) is 14.0. The summed E-state index contributed by atoms with van der Waals surface area (Å²) in [6.45, 7) is 8.98. The number of nitrogens with zero attached hydrogens (tertiary/aromatic N) is 3. The van der Waals surface area contributed by atoms with Crippen LogP contribution in [-0.2, 0) is 11.3 Å². The lowest BCUT2D eigenvalue weighted by Crippen LogP contribution is -2.61. The van der Waals surface area contributed by atoms with Crippen molar-refractivity contribution in [2.75, 3.05) is 13.1 Å². The Bertz CT molecular complexity index is 557. The van der Waals surface area contributed by atoms with Gasteiger partial charge in [0.15, 0.2) is 0 Å². The van der Waals surface area contributed by atoms with Gasteiger partial charge in [-0.05, 0) is 65.1 Å². The lowest BCUT2D eigenvalue weighted by molar-refractivity contribution is -0.149. The molecule has 0 aliphatic carbocycles. The highest BCUT2D eigenvalue weighted by molar-refractivity contribution is 5.87. The molecule has 120 valence electrons. The van der Waals surface area contributed by atoms with E-state index < -0.39 is 0 Å². The van der Waals surface area contributed by atoms with Crippen molar-refractivity contribution in [2.45, 2.75) is 64.6 Å². The second-order valence-electron chi connectivity index (χ2n) is 7.02. The molecule has 1 aromatic heterocycles. The van der Waals surface area contributed by atoms with Crippen molar-refractivity contribution in [3.05, 3.63) is 29.6 Å². The number of likely N-dealkylation sites (tertiary alicyclic amines) is 2. The third-order valence-electron chi connectivity index (χ3n) is 5.19. The molecule has 1 amide bonds. The van der Waals surface area contributed by atoms with E-state index in [1.807, 2.05) is 13.0 Å². The Morgan fingerprint density at radius 1 is 1.23 bits per heavy atom. The van der Waals surface area contributed by atoms with Crippen molar-refractivity contribution in [2.24, 2.45) is 0 Å². The van der Waals surface area contributed by atoms with Gasteiger partial charge in [0.05, 0.1) is 5.69 Å². The molecule has 0 bridgehead atoms. The number of pyridine rings is 1. The average molecular weight is 301 g/mol. The summed E-state index contributed by atoms with van der Waals surface area (Å²) in [6.07, 6.45) is 4.23. The minimum Gasteiger partial charge on any atom is -0.339 e. The topological polar surface area (TPSA) is 36.4 Å². The predicted molar refractivity (Wildman–Crippen MR) is 87.4 cm³/mol. The first kappa shape index (κ1) is 15.5. The number of piperidine rings is 1. The molecule has 22 heavy (non-hydrogen) atoms. The summed E-state index contributed by atoms with van der Waals surface area (Å²) in [5.74, 6) is 0.346. The third-order valence-corrected chi connectivity index (χ3v) is 5.19. The van der Waals surface area contributed by atoms with Crippen LogP contribution in [0.5, 0.6) is 0 Å². The lowest BCUT2D eigenvalue weighted by atomic mass is 9.84. The van der Waals surface area contributed by atoms with Gasteiger partial charge in [-0.25, -0.2) is 0 Å². The maximum Gasteiger partial charge on any atom is 0.243 e. The first-order valence-electron chi connectivity index (χ1n) is 8.51. The van der Waals surface area contributed by atoms with E-state index >= 15 is 0 Å². The molecule has 0 radical (unpaired) electrons. The molecule has 1 spiro atoms. The molecule has 0 N–H and O–H groups in total. The summed E-state index contributed by atoms with van der Waals surface area (Å²) in [4.78, 5) is 22.2. The minimum absolute atomic E-state index is 0.270. The quantitative estimate of drug-likeness (QED) is 0.861. The van der Waals surface area contributed by atoms with Gasteiger partial charge in [-0.2, -0.15) is 0 Å². The Morgan fingerprint density at radius 2 is 1.95 bits per heavy atom. The van der Waals surface area contributed by atoms with E-state index in [4.69, 9.17) is 0 Å². The Hall–Kier alpha value is -1.42. The van der Waals surface area contributed by atoms with E-state index in [1.54, 1.807) is 0 Å². The van der Waals surface area contributed by atoms with Gasteiger partial charge in [-0.3, -0.25) is 14.7 Å². The molecular formula is C18H27N3O. The fourth-order valence-corrected chi connectivity index (χ4v) is 4.08. The standard InChI is InChI=1S/C18H27N3O/c1-14(2)21-12-6-10-18(17(21)22)9-5-11-20(18)13-16-8-4-7-15(3)19-16/h4,7-8,14H,5-6,9-13H2,1-3H3. The highest BCUT2D eigenvalue weighted by atomic mass is 16.2. The van der Waals surface area contributed by atoms with Crippen LogP contribution >= 0.6 is 0 Å². The van der Waals surface area contributed by atoms with Crippen molar-refractivity contribution >= 4 is 5.91 Å². The minimum atomic E-state index is -0.270. The molecule has 2 aliphatic heterocycles. The number of aryl methyl sites for hydroxylation is 1. The van der Waals surface area contributed by atoms with Gasteiger partial charge in [0.1, 0.15) is 5.54 Å². The molecule has 2 fully saturated rings. The molecule has 2 aliphatic rings. The fraction of sp³-hybridized carbons (Fsp3) is 0.667. The van der Waals surface area contributed by atoms with E-state index in [0.29, 0.717) is 11.9 Å². The Labute approximate surface area is 133 Å². The predicted octanol–water partition coefficient (Wildman–Crippen LogP) is 2.76. The molecule has 1 unspecified atom stereocenters. The zero-order valence-corrected chi connectivity index (χ0v) is 14.0. The fourth-order valence-electron chi connectivity index (χ4n) is 4.08. The van der Waals surface area contributed by atoms with Gasteiger partial charge in [-0.1, -0.05) is 6.07 Å². The second kappa shape index (κ2) is 5.99. The molecule has 4 nitrogen and oxygen atoms in total. The average Bonchev–Trinajstić information content (AvgIpc) is 2.85. The molecule has 2 saturated heterocycles. The van der Waals surface area contributed by atoms with Crippen molar-refractivity contribution in [3.63, 3.8) is 0 Å². The largest absolute Gasteiger partial charge is 0.339 e. The first-order valence-corrected chi connectivity index (χ1v) is 8.51. The smallest absolute Gasteiger partial charge is 0.243 e. The van der Waals surface area contributed by atoms with Crippen LogP contribution in [0.15, 0.2) is 18.2 Å². The van der Waals surface area contributed by atoms with Crippen LogP contribution in [0.4, 0.5) is 0 Å². The van der Waals surface area contributed by atoms with Crippen LogP contribution in [0.1, 0.15) is 50.9 Å². The number of rotatable bonds is 3. The van der Waals surface area contributed by atoms with Gasteiger partial charge in [0, 0.05) is 24.8 Å². The molecule has 0 aromatic carbocycles. The van der Waals surface area contributed by atoms with Crippen LogP contribution in [0.2, 0.25) is 0 Å². The van der Waals surface area contributed by atoms with Gasteiger partial charge in [-0.15, -0.1) is 0 Å². The molecule has 3 heterocycles. The van der Waals surface area contributed by atoms with Gasteiger partial charge < -0.3 is 4.90 Å². The summed E-state index contributed by atoms with van der Waals surface area (Å²) in [5, 5.41) is 0. The highest BCUT2D eigenvalue weighted by Crippen LogP contribution is 2.39. The van der Waals surface area contributed by atoms with E-state index in [9.17, 15) is 4.79 Å². The summed E-state index contributed by atoms with van der Waals surface area (Å²) in [7, 11) is 0. The first-order chi connectivity index (χ1) is 10.5. The summed E-state index contributed by atoms with van der Waals surface area (Å²) < 4.78 is 0. The highest BCUT2D eigenvalue weighted by Gasteiger charge is 2.51. The monoisotopic (exact) mass is 301 g/mol. The third kappa shape index (κ3) is 2.65. The van der Waals surface area contributed by atoms with Crippen LogP contribution in [-0.4, -0.2) is 45.4 Å². The zero-order chi connectivity index (χ0) is 15.7. The summed E-state index contributed by atoms with van der Waals surface area (Å²) >= 11 is 0. The van der Waals surface area contributed by atoms with Crippen LogP contribution in [0.25, 0.3) is 0 Å². The maximum absolute atomic E-state index is 13.1. The van der Waals surface area contributed by atoms with E-state index in [-0.39, 0.29) is 5.54 Å². The number of amides is 1. The summed E-state index contributed by atoms with van der Waals surface area (Å²) in [6, 6.07) is 6.45. The van der Waals surface area contributed by atoms with Crippen molar-refractivity contribution < 1.29 is 4.79 Å². The second-order valence-corrected chi connectivity index (χ2v) is 7.02. The molecule has 1 atom stereocenters. The number of carbonyl (C=O) groups is 1. The Kier molecular flexibility index (Phi) is 4.22. The molecule has 4 heteroatoms. The molecule has 0 saturated carbocycles. The Balaban J connectivity index is 1.84. The van der Waals surface area contributed by atoms with E-state index in [1.165, 1.54) is 0 Å². The molecular weight excluding hydrogens is 274 g/mol. The van der Waals surface area contributed by atoms with Gasteiger partial charge in [0.2, 0.25) is 5.91 Å². The summed E-state index contributed by atoms with van der Waals surface area (Å²) in [5.41, 5.74) is 1.86. The normalized spacial score (nSPS) is 26.4. The lowest BCUT2D eigenvalue weighted by Gasteiger charge is -2.46. The molecule has 3 rings (SSSR count). The number of hydrogen-bond donors (Lipinski definition) is 0. The van der Waals surface area contributed by atoms with Gasteiger partial charge >= 0.3 is 0 Å². The van der Waals surface area contributed by atoms with Crippen LogP contribution < -0.4 is 0 Å². The van der Waals surface area contributed by atoms with E-state index in [0.717, 1.165) is 56.7 Å². The maximum atomic E-state index is 13.1. The SMILES string of the molecule is Cc1cccc(CN2CCCC23CCCN(C(C)C)C3=O)n1. The molecule has 1 aromatic rings. The van der Waals surface area contributed by atoms with Crippen molar-refractivity contribution in [3.8, 4) is 0 Å². The number of hydrogen-bond acceptors (Lipinski definition) is 3. The van der Waals surface area contributed by atoms with Crippen molar-refractivity contribution in [1.82, 2.24) is 14.8 Å². The van der Waals surface area contributed by atoms with Crippen molar-refractivity contribution in [1.29, 1.82) is 0 Å². The number of aromatic nitrogens is 1.